The van der Waals surface area contributed by atoms with E-state index in [9.17, 15) is 14.9 Å². The van der Waals surface area contributed by atoms with Gasteiger partial charge in [-0.05, 0) is 92.3 Å². The van der Waals surface area contributed by atoms with Crippen LogP contribution in [0.5, 0.6) is 0 Å². The Morgan fingerprint density at radius 1 is 1.03 bits per heavy atom. The van der Waals surface area contributed by atoms with E-state index in [1.54, 1.807) is 0 Å². The van der Waals surface area contributed by atoms with Gasteiger partial charge in [-0.15, -0.1) is 0 Å². The summed E-state index contributed by atoms with van der Waals surface area (Å²) in [7, 11) is 0. The van der Waals surface area contributed by atoms with Crippen molar-refractivity contribution < 1.29 is 9.59 Å². The molecule has 5 rings (SSSR count). The van der Waals surface area contributed by atoms with Crippen LogP contribution in [0.15, 0.2) is 23.3 Å². The number of ketones is 1. The maximum Gasteiger partial charge on any atom is 0.226 e. The zero-order valence-electron chi connectivity index (χ0n) is 24.5. The Morgan fingerprint density at radius 3 is 2.35 bits per heavy atom. The van der Waals surface area contributed by atoms with E-state index in [-0.39, 0.29) is 38.8 Å². The number of fused-ring (bicyclic) bond motifs is 7. The van der Waals surface area contributed by atoms with Crippen LogP contribution < -0.4 is 5.32 Å². The summed E-state index contributed by atoms with van der Waals surface area (Å²) in [6.07, 6.45) is 12.9. The first kappa shape index (κ1) is 26.7. The lowest BCUT2D eigenvalue weighted by Gasteiger charge is -2.69. The maximum atomic E-state index is 13.7. The molecule has 1 N–H and O–H groups in total. The van der Waals surface area contributed by atoms with Crippen molar-refractivity contribution in [2.75, 3.05) is 6.54 Å². The Labute approximate surface area is 224 Å². The number of hydrogen-bond acceptors (Lipinski definition) is 3. The largest absolute Gasteiger partial charge is 0.356 e. The summed E-state index contributed by atoms with van der Waals surface area (Å²) < 4.78 is 0. The number of Topliss-reactive ketones (excluding diaryl/α,β-unsaturated/α-hetero) is 1. The quantitative estimate of drug-likeness (QED) is 0.406. The lowest BCUT2D eigenvalue weighted by Crippen LogP contribution is -2.64. The zero-order chi connectivity index (χ0) is 27.2. The first-order valence-corrected chi connectivity index (χ1v) is 14.8. The third-order valence-corrected chi connectivity index (χ3v) is 12.8. The molecule has 0 aromatic rings. The lowest BCUT2D eigenvalue weighted by atomic mass is 9.34. The molecule has 202 valence electrons. The van der Waals surface area contributed by atoms with Gasteiger partial charge in [0.2, 0.25) is 5.91 Å². The molecule has 37 heavy (non-hydrogen) atoms. The Kier molecular flexibility index (Phi) is 5.82. The number of nitrogens with zero attached hydrogens (tertiary/aromatic N) is 1. The number of hydrogen-bond donors (Lipinski definition) is 1. The van der Waals surface area contributed by atoms with Crippen LogP contribution in [-0.2, 0) is 9.59 Å². The molecule has 0 heterocycles. The molecule has 0 saturated heterocycles. The van der Waals surface area contributed by atoms with Gasteiger partial charge in [-0.25, -0.2) is 0 Å². The molecule has 0 bridgehead atoms. The number of nitriles is 1. The molecule has 5 aliphatic carbocycles. The predicted octanol–water partition coefficient (Wildman–Crippen LogP) is 7.16. The maximum absolute atomic E-state index is 13.7. The summed E-state index contributed by atoms with van der Waals surface area (Å²) in [4.78, 5) is 26.9. The predicted molar refractivity (Wildman–Crippen MR) is 147 cm³/mol. The van der Waals surface area contributed by atoms with Gasteiger partial charge in [0, 0.05) is 17.4 Å². The summed E-state index contributed by atoms with van der Waals surface area (Å²) in [5.41, 5.74) is 1.07. The Morgan fingerprint density at radius 2 is 1.70 bits per heavy atom. The van der Waals surface area contributed by atoms with Crippen molar-refractivity contribution in [3.63, 3.8) is 0 Å². The summed E-state index contributed by atoms with van der Waals surface area (Å²) in [6.45, 7) is 19.0. The van der Waals surface area contributed by atoms with E-state index in [0.29, 0.717) is 29.9 Å². The molecule has 0 aromatic heterocycles. The molecular weight excluding hydrogens is 456 g/mol. The van der Waals surface area contributed by atoms with Crippen LogP contribution in [0.1, 0.15) is 107 Å². The Bertz CT molecular complexity index is 1140. The van der Waals surface area contributed by atoms with Crippen molar-refractivity contribution >= 4 is 11.7 Å². The molecule has 1 amide bonds. The summed E-state index contributed by atoms with van der Waals surface area (Å²) in [6, 6.07) is 2.26. The van der Waals surface area contributed by atoms with E-state index in [2.05, 4.69) is 65.9 Å². The fourth-order valence-corrected chi connectivity index (χ4v) is 10.6. The topological polar surface area (TPSA) is 70.0 Å². The van der Waals surface area contributed by atoms with E-state index in [0.717, 1.165) is 51.4 Å². The number of amides is 1. The third kappa shape index (κ3) is 3.31. The minimum Gasteiger partial charge on any atom is -0.356 e. The highest BCUT2D eigenvalue weighted by molar-refractivity contribution is 6.04. The Hall–Kier alpha value is -1.89. The second-order valence-electron chi connectivity index (χ2n) is 15.3. The minimum absolute atomic E-state index is 0.00963. The van der Waals surface area contributed by atoms with Gasteiger partial charge >= 0.3 is 0 Å². The van der Waals surface area contributed by atoms with Crippen LogP contribution in [0.25, 0.3) is 0 Å². The first-order valence-electron chi connectivity index (χ1n) is 14.8. The minimum atomic E-state index is -0.540. The van der Waals surface area contributed by atoms with Crippen LogP contribution in [0.2, 0.25) is 0 Å². The van der Waals surface area contributed by atoms with Crippen molar-refractivity contribution in [2.24, 2.45) is 50.2 Å². The highest BCUT2D eigenvalue weighted by Crippen LogP contribution is 2.75. The van der Waals surface area contributed by atoms with Crippen LogP contribution >= 0.6 is 0 Å². The summed E-state index contributed by atoms with van der Waals surface area (Å²) in [5, 5.41) is 13.2. The Balaban J connectivity index is 1.64. The van der Waals surface area contributed by atoms with Gasteiger partial charge in [-0.2, -0.15) is 5.26 Å². The number of nitrogens with one attached hydrogen (secondary N) is 1. The molecule has 0 spiro atoms. The van der Waals surface area contributed by atoms with Crippen LogP contribution in [0, 0.1) is 61.6 Å². The van der Waals surface area contributed by atoms with Gasteiger partial charge in [-0.3, -0.25) is 9.59 Å². The smallest absolute Gasteiger partial charge is 0.226 e. The van der Waals surface area contributed by atoms with E-state index < -0.39 is 5.41 Å². The number of carbonyl (C=O) groups is 2. The van der Waals surface area contributed by atoms with Gasteiger partial charge in [0.25, 0.3) is 0 Å². The SMILES string of the molecule is CCNC(=O)C12CCC(C)(C)CC1C1CC=C3C4(C)C=C(C#N)C(=O)C(C)(C)C4CCC3(C)C1(C)CC2. The van der Waals surface area contributed by atoms with Gasteiger partial charge in [0.15, 0.2) is 5.78 Å². The molecule has 4 nitrogen and oxygen atoms in total. The molecule has 5 aliphatic rings. The standard InChI is InChI=1S/C33H48N2O2/c1-9-35-27(37)33-16-14-28(2,3)19-23(33)22-10-11-25-30(6)18-21(20-34)26(36)29(4,5)24(30)12-13-32(25,8)31(22,7)15-17-33/h11,18,22-24H,9-10,12-17,19H2,1-8H3,(H,35,37). The lowest BCUT2D eigenvalue weighted by molar-refractivity contribution is -0.174. The highest BCUT2D eigenvalue weighted by atomic mass is 16.2. The van der Waals surface area contributed by atoms with E-state index in [1.165, 1.54) is 5.57 Å². The van der Waals surface area contributed by atoms with Gasteiger partial charge in [0.1, 0.15) is 6.07 Å². The van der Waals surface area contributed by atoms with E-state index >= 15 is 0 Å². The number of carbonyl (C=O) groups excluding carboxylic acids is 2. The molecule has 7 atom stereocenters. The normalized spacial score (nSPS) is 45.6. The van der Waals surface area contributed by atoms with Crippen LogP contribution in [0.3, 0.4) is 0 Å². The van der Waals surface area contributed by atoms with Crippen LogP contribution in [0.4, 0.5) is 0 Å². The molecule has 0 aliphatic heterocycles. The van der Waals surface area contributed by atoms with Gasteiger partial charge < -0.3 is 5.32 Å². The van der Waals surface area contributed by atoms with Crippen molar-refractivity contribution in [1.82, 2.24) is 5.32 Å². The van der Waals surface area contributed by atoms with E-state index in [4.69, 9.17) is 0 Å². The molecular formula is C33H48N2O2. The molecule has 3 fully saturated rings. The summed E-state index contributed by atoms with van der Waals surface area (Å²) >= 11 is 0. The first-order chi connectivity index (χ1) is 17.1. The van der Waals surface area contributed by atoms with Crippen LogP contribution in [-0.4, -0.2) is 18.2 Å². The second-order valence-corrected chi connectivity index (χ2v) is 15.3. The molecule has 0 radical (unpaired) electrons. The monoisotopic (exact) mass is 504 g/mol. The van der Waals surface area contributed by atoms with E-state index in [1.807, 2.05) is 13.0 Å². The van der Waals surface area contributed by atoms with Gasteiger partial charge in [-0.1, -0.05) is 66.2 Å². The number of rotatable bonds is 2. The van der Waals surface area contributed by atoms with Crippen molar-refractivity contribution in [3.8, 4) is 6.07 Å². The molecule has 7 unspecified atom stereocenters. The average molecular weight is 505 g/mol. The van der Waals surface area contributed by atoms with Crippen molar-refractivity contribution in [1.29, 1.82) is 5.26 Å². The van der Waals surface area contributed by atoms with Crippen molar-refractivity contribution in [2.45, 2.75) is 107 Å². The third-order valence-electron chi connectivity index (χ3n) is 12.8. The number of allylic oxidation sites excluding steroid dienone is 4. The fourth-order valence-electron chi connectivity index (χ4n) is 10.6. The van der Waals surface area contributed by atoms with Gasteiger partial charge in [0.05, 0.1) is 11.0 Å². The second kappa shape index (κ2) is 8.06. The fraction of sp³-hybridized carbons (Fsp3) is 0.788. The highest BCUT2D eigenvalue weighted by Gasteiger charge is 2.69. The molecule has 4 heteroatoms. The van der Waals surface area contributed by atoms with Crippen molar-refractivity contribution in [3.05, 3.63) is 23.3 Å². The average Bonchev–Trinajstić information content (AvgIpc) is 2.81. The summed E-state index contributed by atoms with van der Waals surface area (Å²) in [5.74, 6) is 1.36. The molecule has 3 saturated carbocycles. The molecule has 0 aromatic carbocycles. The zero-order valence-corrected chi connectivity index (χ0v) is 24.5.